The average molecular weight is 408 g/mol. The first-order chi connectivity index (χ1) is 12.8. The number of aromatic amines is 1. The van der Waals surface area contributed by atoms with Crippen LogP contribution in [0.3, 0.4) is 0 Å². The molecule has 4 atom stereocenters. The molecule has 1 saturated heterocycles. The SMILES string of the molecule is CCOP(=O)(CCO[C@H]1O[C@@H](n2ccc(=O)[nH]c2=O)C(OC)C1O)OCC. The fraction of sp³-hybridized carbons (Fsp3) is 0.733. The first kappa shape index (κ1) is 22.0. The van der Waals surface area contributed by atoms with Crippen LogP contribution in [0, 0.1) is 0 Å². The van der Waals surface area contributed by atoms with Crippen molar-refractivity contribution in [1.82, 2.24) is 9.55 Å². The van der Waals surface area contributed by atoms with E-state index in [-0.39, 0.29) is 26.0 Å². The van der Waals surface area contributed by atoms with Crippen molar-refractivity contribution in [1.29, 1.82) is 0 Å². The van der Waals surface area contributed by atoms with Crippen LogP contribution >= 0.6 is 7.60 Å². The van der Waals surface area contributed by atoms with Crippen LogP contribution < -0.4 is 11.2 Å². The summed E-state index contributed by atoms with van der Waals surface area (Å²) < 4.78 is 40.1. The van der Waals surface area contributed by atoms with Gasteiger partial charge in [0.15, 0.2) is 12.5 Å². The van der Waals surface area contributed by atoms with Gasteiger partial charge in [0.1, 0.15) is 12.2 Å². The normalized spacial score (nSPS) is 25.8. The number of aliphatic hydroxyl groups excluding tert-OH is 1. The van der Waals surface area contributed by atoms with Crippen molar-refractivity contribution < 1.29 is 32.9 Å². The van der Waals surface area contributed by atoms with Crippen LogP contribution in [0.15, 0.2) is 21.9 Å². The van der Waals surface area contributed by atoms with Gasteiger partial charge >= 0.3 is 13.3 Å². The van der Waals surface area contributed by atoms with Crippen LogP contribution in [-0.4, -0.2) is 66.2 Å². The monoisotopic (exact) mass is 408 g/mol. The number of hydrogen-bond acceptors (Lipinski definition) is 9. The molecule has 2 unspecified atom stereocenters. The molecule has 0 spiro atoms. The Bertz CT molecular complexity index is 754. The fourth-order valence-electron chi connectivity index (χ4n) is 2.70. The molecular formula is C15H25N2O9P. The van der Waals surface area contributed by atoms with Gasteiger partial charge in [-0.15, -0.1) is 0 Å². The van der Waals surface area contributed by atoms with Gasteiger partial charge < -0.3 is 28.4 Å². The number of aliphatic hydroxyl groups is 1. The zero-order valence-electron chi connectivity index (χ0n) is 15.4. The number of rotatable bonds is 10. The first-order valence-electron chi connectivity index (χ1n) is 8.52. The predicted molar refractivity (Wildman–Crippen MR) is 93.7 cm³/mol. The molecule has 0 bridgehead atoms. The quantitative estimate of drug-likeness (QED) is 0.514. The molecule has 0 aromatic carbocycles. The van der Waals surface area contributed by atoms with Crippen molar-refractivity contribution in [2.45, 2.75) is 38.6 Å². The highest BCUT2D eigenvalue weighted by atomic mass is 31.2. The number of nitrogens with zero attached hydrogens (tertiary/aromatic N) is 1. The molecule has 0 amide bonds. The molecule has 1 aliphatic rings. The van der Waals surface area contributed by atoms with Gasteiger partial charge in [0.25, 0.3) is 5.56 Å². The minimum Gasteiger partial charge on any atom is -0.385 e. The van der Waals surface area contributed by atoms with Crippen molar-refractivity contribution in [2.24, 2.45) is 0 Å². The van der Waals surface area contributed by atoms with E-state index in [1.165, 1.54) is 13.3 Å². The Morgan fingerprint density at radius 2 is 1.96 bits per heavy atom. The van der Waals surface area contributed by atoms with Crippen LogP contribution in [0.1, 0.15) is 20.1 Å². The summed E-state index contributed by atoms with van der Waals surface area (Å²) in [5, 5.41) is 10.4. The molecule has 1 fully saturated rings. The molecule has 2 rings (SSSR count). The second kappa shape index (κ2) is 9.74. The van der Waals surface area contributed by atoms with Crippen molar-refractivity contribution in [3.05, 3.63) is 33.1 Å². The molecule has 27 heavy (non-hydrogen) atoms. The van der Waals surface area contributed by atoms with Gasteiger partial charge in [0.05, 0.1) is 26.0 Å². The van der Waals surface area contributed by atoms with E-state index >= 15 is 0 Å². The summed E-state index contributed by atoms with van der Waals surface area (Å²) in [7, 11) is -1.94. The Balaban J connectivity index is 2.05. The molecular weight excluding hydrogens is 383 g/mol. The molecule has 12 heteroatoms. The standard InChI is InChI=1S/C15H25N2O9P/c1-4-24-27(21,25-5-2)9-8-23-14-11(19)12(22-3)13(26-14)17-7-6-10(18)16-15(17)20/h6-7,11-14,19H,4-5,8-9H2,1-3H3,(H,16,18,20)/t11?,12?,13-,14+/m1/s1. The van der Waals surface area contributed by atoms with E-state index in [0.717, 1.165) is 10.6 Å². The van der Waals surface area contributed by atoms with Crippen LogP contribution in [0.5, 0.6) is 0 Å². The maximum atomic E-state index is 12.4. The third-order valence-corrected chi connectivity index (χ3v) is 5.90. The second-order valence-corrected chi connectivity index (χ2v) is 7.83. The summed E-state index contributed by atoms with van der Waals surface area (Å²) in [5.41, 5.74) is -1.27. The van der Waals surface area contributed by atoms with Crippen molar-refractivity contribution in [2.75, 3.05) is 33.1 Å². The van der Waals surface area contributed by atoms with Crippen LogP contribution in [0.4, 0.5) is 0 Å². The highest BCUT2D eigenvalue weighted by Gasteiger charge is 2.46. The summed E-state index contributed by atoms with van der Waals surface area (Å²) in [5.74, 6) is 0. The summed E-state index contributed by atoms with van der Waals surface area (Å²) in [6.45, 7) is 3.78. The van der Waals surface area contributed by atoms with Crippen LogP contribution in [-0.2, 0) is 27.8 Å². The van der Waals surface area contributed by atoms with Gasteiger partial charge in [-0.05, 0) is 13.8 Å². The molecule has 1 aromatic heterocycles. The van der Waals surface area contributed by atoms with E-state index < -0.39 is 43.6 Å². The molecule has 0 radical (unpaired) electrons. The zero-order chi connectivity index (χ0) is 20.0. The lowest BCUT2D eigenvalue weighted by Crippen LogP contribution is -2.38. The lowest BCUT2D eigenvalue weighted by atomic mass is 10.2. The zero-order valence-corrected chi connectivity index (χ0v) is 16.3. The summed E-state index contributed by atoms with van der Waals surface area (Å²) in [6, 6.07) is 1.15. The van der Waals surface area contributed by atoms with E-state index in [4.69, 9.17) is 23.3 Å². The third-order valence-electron chi connectivity index (χ3n) is 3.87. The topological polar surface area (TPSA) is 138 Å². The maximum absolute atomic E-state index is 12.4. The molecule has 1 aromatic rings. The van der Waals surface area contributed by atoms with E-state index in [1.54, 1.807) is 13.8 Å². The molecule has 2 heterocycles. The smallest absolute Gasteiger partial charge is 0.332 e. The fourth-order valence-corrected chi connectivity index (χ4v) is 4.15. The number of aromatic nitrogens is 2. The molecule has 1 aliphatic heterocycles. The van der Waals surface area contributed by atoms with Gasteiger partial charge in [0, 0.05) is 19.4 Å². The van der Waals surface area contributed by atoms with Gasteiger partial charge in [-0.1, -0.05) is 0 Å². The lowest BCUT2D eigenvalue weighted by molar-refractivity contribution is -0.174. The Morgan fingerprint density at radius 1 is 1.30 bits per heavy atom. The Labute approximate surface area is 155 Å². The second-order valence-electron chi connectivity index (χ2n) is 5.64. The third kappa shape index (κ3) is 5.35. The number of methoxy groups -OCH3 is 1. The first-order valence-corrected chi connectivity index (χ1v) is 10.3. The molecule has 0 saturated carbocycles. The summed E-state index contributed by atoms with van der Waals surface area (Å²) >= 11 is 0. The van der Waals surface area contributed by atoms with Gasteiger partial charge in [-0.25, -0.2) is 4.79 Å². The highest BCUT2D eigenvalue weighted by molar-refractivity contribution is 7.53. The predicted octanol–water partition coefficient (Wildman–Crippen LogP) is 0.0501. The number of nitrogens with one attached hydrogen (secondary N) is 1. The van der Waals surface area contributed by atoms with Crippen molar-refractivity contribution >= 4 is 7.60 Å². The Hall–Kier alpha value is -1.33. The number of hydrogen-bond donors (Lipinski definition) is 2. The average Bonchev–Trinajstić information content (AvgIpc) is 2.91. The number of H-pyrrole nitrogens is 1. The molecule has 11 nitrogen and oxygen atoms in total. The van der Waals surface area contributed by atoms with Crippen molar-refractivity contribution in [3.63, 3.8) is 0 Å². The summed E-state index contributed by atoms with van der Waals surface area (Å²) in [6.07, 6.45) is -3.05. The maximum Gasteiger partial charge on any atom is 0.332 e. The van der Waals surface area contributed by atoms with E-state index in [9.17, 15) is 19.3 Å². The minimum absolute atomic E-state index is 0.0256. The Morgan fingerprint density at radius 3 is 2.52 bits per heavy atom. The van der Waals surface area contributed by atoms with E-state index in [2.05, 4.69) is 4.98 Å². The van der Waals surface area contributed by atoms with E-state index in [0.29, 0.717) is 0 Å². The lowest BCUT2D eigenvalue weighted by Gasteiger charge is -2.19. The van der Waals surface area contributed by atoms with Crippen LogP contribution in [0.25, 0.3) is 0 Å². The van der Waals surface area contributed by atoms with Crippen LogP contribution in [0.2, 0.25) is 0 Å². The minimum atomic E-state index is -3.29. The molecule has 154 valence electrons. The Kier molecular flexibility index (Phi) is 7.92. The van der Waals surface area contributed by atoms with Gasteiger partial charge in [-0.3, -0.25) is 18.9 Å². The largest absolute Gasteiger partial charge is 0.385 e. The van der Waals surface area contributed by atoms with Gasteiger partial charge in [0.2, 0.25) is 0 Å². The van der Waals surface area contributed by atoms with E-state index in [1.807, 2.05) is 0 Å². The molecule has 2 N–H and O–H groups in total. The molecule has 0 aliphatic carbocycles. The van der Waals surface area contributed by atoms with Gasteiger partial charge in [-0.2, -0.15) is 0 Å². The number of ether oxygens (including phenoxy) is 3. The van der Waals surface area contributed by atoms with Crippen molar-refractivity contribution in [3.8, 4) is 0 Å². The highest BCUT2D eigenvalue weighted by Crippen LogP contribution is 2.47. The summed E-state index contributed by atoms with van der Waals surface area (Å²) in [4.78, 5) is 25.3.